The van der Waals surface area contributed by atoms with Gasteiger partial charge >= 0.3 is 34.1 Å². The fraction of sp³-hybridized carbons (Fsp3) is 0.500. The van der Waals surface area contributed by atoms with Crippen LogP contribution >= 0.6 is 0 Å². The Morgan fingerprint density at radius 2 is 0.286 bits per heavy atom. The summed E-state index contributed by atoms with van der Waals surface area (Å²) in [4.78, 5) is 0. The van der Waals surface area contributed by atoms with Crippen LogP contribution < -0.4 is 0 Å². The quantitative estimate of drug-likeness (QED) is 0.131. The molecular weight excluding hydrogens is 592 g/mol. The van der Waals surface area contributed by atoms with Gasteiger partial charge in [0.1, 0.15) is 0 Å². The molecule has 0 aliphatic carbocycles. The van der Waals surface area contributed by atoms with Gasteiger partial charge < -0.3 is 0 Å². The zero-order valence-corrected chi connectivity index (χ0v) is 32.9. The first-order valence-corrected chi connectivity index (χ1v) is 15.0. The summed E-state index contributed by atoms with van der Waals surface area (Å²) in [7, 11) is 0. The minimum absolute atomic E-state index is 0. The molecule has 2 heteroatoms. The number of rotatable bonds is 0. The molecule has 0 saturated heterocycles. The van der Waals surface area contributed by atoms with Crippen LogP contribution in [0.2, 0.25) is 0 Å². The van der Waals surface area contributed by atoms with Gasteiger partial charge in [0.15, 0.2) is 0 Å². The molecule has 0 aliphatic rings. The van der Waals surface area contributed by atoms with Gasteiger partial charge in [0, 0.05) is 0 Å². The maximum atomic E-state index is 2.20. The molecule has 0 spiro atoms. The van der Waals surface area contributed by atoms with E-state index in [9.17, 15) is 0 Å². The normalized spacial score (nSPS) is 10.0. The molecule has 4 aromatic rings. The first-order chi connectivity index (χ1) is 18.2. The molecular formula is C40H60Fe2. The topological polar surface area (TPSA) is 0 Å². The molecule has 0 radical (unpaired) electrons. The van der Waals surface area contributed by atoms with E-state index in [1.165, 1.54) is 111 Å². The van der Waals surface area contributed by atoms with E-state index in [1.54, 1.807) is 0 Å². The van der Waals surface area contributed by atoms with Gasteiger partial charge in [0.05, 0.1) is 0 Å². The molecule has 4 rings (SSSR count). The SMILES string of the molecule is Cc1c(C)c(C)[c-](C)c1C.Cc1c(C)c(C)[c-](C)c1C.Cc1c(C)c(C)[c-](C)c1C.Cc1c(C)c(C)[c-](C)c1C.[Fe+2].[Fe+2]. The minimum atomic E-state index is 0. The summed E-state index contributed by atoms with van der Waals surface area (Å²) in [6, 6.07) is 0. The van der Waals surface area contributed by atoms with Crippen LogP contribution in [0.25, 0.3) is 0 Å². The third-order valence-corrected chi connectivity index (χ3v) is 11.2. The Morgan fingerprint density at radius 1 is 0.214 bits per heavy atom. The first kappa shape index (κ1) is 42.6. The fourth-order valence-electron chi connectivity index (χ4n) is 5.62. The second kappa shape index (κ2) is 17.1. The van der Waals surface area contributed by atoms with Crippen molar-refractivity contribution in [1.29, 1.82) is 0 Å². The fourth-order valence-corrected chi connectivity index (χ4v) is 5.62. The summed E-state index contributed by atoms with van der Waals surface area (Å²) in [6.07, 6.45) is 0. The molecule has 42 heavy (non-hydrogen) atoms. The van der Waals surface area contributed by atoms with Gasteiger partial charge in [-0.1, -0.05) is 138 Å². The van der Waals surface area contributed by atoms with Gasteiger partial charge in [-0.05, 0) is 0 Å². The van der Waals surface area contributed by atoms with Gasteiger partial charge in [-0.25, -0.2) is 0 Å². The van der Waals surface area contributed by atoms with Crippen molar-refractivity contribution >= 4 is 0 Å². The summed E-state index contributed by atoms with van der Waals surface area (Å²) in [5, 5.41) is 0. The Hall–Kier alpha value is -1.56. The molecule has 0 aromatic heterocycles. The summed E-state index contributed by atoms with van der Waals surface area (Å²) in [5.41, 5.74) is 29.4. The van der Waals surface area contributed by atoms with E-state index < -0.39 is 0 Å². The molecule has 0 heterocycles. The summed E-state index contributed by atoms with van der Waals surface area (Å²) in [6.45, 7) is 44.0. The van der Waals surface area contributed by atoms with E-state index in [0.717, 1.165) is 0 Å². The molecule has 0 bridgehead atoms. The maximum Gasteiger partial charge on any atom is 2.00 e. The average Bonchev–Trinajstić information content (AvgIpc) is 3.37. The molecule has 0 N–H and O–H groups in total. The molecule has 236 valence electrons. The Morgan fingerprint density at radius 3 is 0.310 bits per heavy atom. The Bertz CT molecular complexity index is 921. The van der Waals surface area contributed by atoms with E-state index in [2.05, 4.69) is 138 Å². The molecule has 0 amide bonds. The molecule has 0 aliphatic heterocycles. The van der Waals surface area contributed by atoms with Gasteiger partial charge in [0.25, 0.3) is 0 Å². The van der Waals surface area contributed by atoms with Crippen molar-refractivity contribution in [2.45, 2.75) is 138 Å². The van der Waals surface area contributed by atoms with Crippen LogP contribution in [0.3, 0.4) is 0 Å². The van der Waals surface area contributed by atoms with Gasteiger partial charge in [-0.3, -0.25) is 0 Å². The molecule has 0 unspecified atom stereocenters. The predicted octanol–water partition coefficient (Wildman–Crippen LogP) is 11.8. The predicted molar refractivity (Wildman–Crippen MR) is 183 cm³/mol. The van der Waals surface area contributed by atoms with E-state index in [0.29, 0.717) is 0 Å². The monoisotopic (exact) mass is 652 g/mol. The molecule has 0 saturated carbocycles. The average molecular weight is 653 g/mol. The summed E-state index contributed by atoms with van der Waals surface area (Å²) in [5.74, 6) is 0. The first-order valence-electron chi connectivity index (χ1n) is 15.0. The van der Waals surface area contributed by atoms with E-state index in [1.807, 2.05) is 0 Å². The molecule has 0 atom stereocenters. The van der Waals surface area contributed by atoms with Crippen molar-refractivity contribution in [1.82, 2.24) is 0 Å². The smallest absolute Gasteiger partial charge is 0.196 e. The van der Waals surface area contributed by atoms with Crippen LogP contribution in [0.4, 0.5) is 0 Å². The Labute approximate surface area is 282 Å². The zero-order chi connectivity index (χ0) is 31.5. The van der Waals surface area contributed by atoms with E-state index in [-0.39, 0.29) is 34.1 Å². The summed E-state index contributed by atoms with van der Waals surface area (Å²) < 4.78 is 0. The molecule has 0 fully saturated rings. The van der Waals surface area contributed by atoms with Crippen molar-refractivity contribution < 1.29 is 34.1 Å². The van der Waals surface area contributed by atoms with Crippen LogP contribution in [-0.2, 0) is 34.1 Å². The third-order valence-electron chi connectivity index (χ3n) is 11.2. The van der Waals surface area contributed by atoms with Crippen molar-refractivity contribution in [3.63, 3.8) is 0 Å². The van der Waals surface area contributed by atoms with Gasteiger partial charge in [-0.2, -0.15) is 111 Å². The van der Waals surface area contributed by atoms with Crippen LogP contribution in [0, 0.1) is 138 Å². The van der Waals surface area contributed by atoms with Crippen LogP contribution in [0.5, 0.6) is 0 Å². The zero-order valence-electron chi connectivity index (χ0n) is 30.7. The minimum Gasteiger partial charge on any atom is -0.196 e. The number of hydrogen-bond acceptors (Lipinski definition) is 0. The van der Waals surface area contributed by atoms with Crippen molar-refractivity contribution in [2.24, 2.45) is 0 Å². The van der Waals surface area contributed by atoms with Gasteiger partial charge in [0.2, 0.25) is 0 Å². The Balaban J connectivity index is 0. The van der Waals surface area contributed by atoms with Crippen LogP contribution in [0.15, 0.2) is 0 Å². The van der Waals surface area contributed by atoms with Crippen molar-refractivity contribution in [2.75, 3.05) is 0 Å². The maximum absolute atomic E-state index is 2.20. The van der Waals surface area contributed by atoms with Gasteiger partial charge in [-0.15, -0.1) is 0 Å². The molecule has 4 aromatic carbocycles. The Kier molecular flexibility index (Phi) is 17.3. The third kappa shape index (κ3) is 8.76. The number of hydrogen-bond donors (Lipinski definition) is 0. The second-order valence-corrected chi connectivity index (χ2v) is 12.5. The van der Waals surface area contributed by atoms with Crippen LogP contribution in [0.1, 0.15) is 111 Å². The van der Waals surface area contributed by atoms with Crippen molar-refractivity contribution in [3.05, 3.63) is 111 Å². The standard InChI is InChI=1S/4C10H15.2Fe/c4*1-6-7(2)9(4)10(5)8(6)3;;/h4*1-5H3;;/q4*-1;2*+2. The van der Waals surface area contributed by atoms with Crippen molar-refractivity contribution in [3.8, 4) is 0 Å². The summed E-state index contributed by atoms with van der Waals surface area (Å²) >= 11 is 0. The van der Waals surface area contributed by atoms with Crippen LogP contribution in [-0.4, -0.2) is 0 Å². The molecule has 0 nitrogen and oxygen atoms in total. The van der Waals surface area contributed by atoms with E-state index >= 15 is 0 Å². The second-order valence-electron chi connectivity index (χ2n) is 12.5. The van der Waals surface area contributed by atoms with E-state index in [4.69, 9.17) is 0 Å². The largest absolute Gasteiger partial charge is 2.00 e.